The van der Waals surface area contributed by atoms with Crippen LogP contribution in [0.3, 0.4) is 0 Å². The summed E-state index contributed by atoms with van der Waals surface area (Å²) >= 11 is 0. The van der Waals surface area contributed by atoms with Crippen LogP contribution in [-0.2, 0) is 4.79 Å². The van der Waals surface area contributed by atoms with Gasteiger partial charge in [-0.3, -0.25) is 0 Å². The molecule has 0 bridgehead atoms. The largest absolute Gasteiger partial charge is 0.480 e. The average molecular weight is 252 g/mol. The fraction of sp³-hybridized carbons (Fsp3) is 0.333. The zero-order chi connectivity index (χ0) is 13.5. The first-order valence-corrected chi connectivity index (χ1v) is 5.50. The van der Waals surface area contributed by atoms with Gasteiger partial charge in [-0.2, -0.15) is 0 Å². The number of rotatable bonds is 5. The molecule has 0 radical (unpaired) electrons. The summed E-state index contributed by atoms with van der Waals surface area (Å²) < 4.78 is 0. The Kier molecular flexibility index (Phi) is 5.13. The number of hydrogen-bond donors (Lipinski definition) is 4. The molecule has 1 aromatic carbocycles. The molecule has 4 N–H and O–H groups in total. The molecule has 6 nitrogen and oxygen atoms in total. The minimum Gasteiger partial charge on any atom is -0.480 e. The number of aliphatic carboxylic acids is 1. The van der Waals surface area contributed by atoms with Gasteiger partial charge in [0.15, 0.2) is 6.04 Å². The molecule has 0 aliphatic heterocycles. The summed E-state index contributed by atoms with van der Waals surface area (Å²) in [5.41, 5.74) is 0.906. The van der Waals surface area contributed by atoms with Gasteiger partial charge in [0.25, 0.3) is 0 Å². The second-order valence-electron chi connectivity index (χ2n) is 3.82. The predicted octanol–water partition coefficient (Wildman–Crippen LogP) is 0.492. The number of aliphatic hydroxyl groups is 1. The quantitative estimate of drug-likeness (QED) is 0.613. The third kappa shape index (κ3) is 4.06. The molecule has 0 aliphatic rings. The van der Waals surface area contributed by atoms with Gasteiger partial charge >= 0.3 is 12.0 Å². The first kappa shape index (κ1) is 14.0. The third-order valence-corrected chi connectivity index (χ3v) is 2.43. The van der Waals surface area contributed by atoms with Crippen LogP contribution in [-0.4, -0.2) is 34.9 Å². The molecular weight excluding hydrogens is 236 g/mol. The molecule has 1 rings (SSSR count). The van der Waals surface area contributed by atoms with Crippen molar-refractivity contribution in [2.24, 2.45) is 0 Å². The lowest BCUT2D eigenvalue weighted by Gasteiger charge is -2.17. The zero-order valence-corrected chi connectivity index (χ0v) is 9.96. The van der Waals surface area contributed by atoms with Crippen molar-refractivity contribution < 1.29 is 19.8 Å². The fourth-order valence-electron chi connectivity index (χ4n) is 1.41. The van der Waals surface area contributed by atoms with E-state index >= 15 is 0 Å². The summed E-state index contributed by atoms with van der Waals surface area (Å²) in [7, 11) is 0. The topological polar surface area (TPSA) is 98.7 Å². The molecule has 0 aromatic heterocycles. The van der Waals surface area contributed by atoms with Crippen LogP contribution in [0.5, 0.6) is 0 Å². The number of carbonyl (C=O) groups excluding carboxylic acids is 1. The predicted molar refractivity (Wildman–Crippen MR) is 65.0 cm³/mol. The summed E-state index contributed by atoms with van der Waals surface area (Å²) in [6, 6.07) is 7.08. The van der Waals surface area contributed by atoms with Crippen LogP contribution in [0, 0.1) is 0 Å². The molecule has 98 valence electrons. The lowest BCUT2D eigenvalue weighted by atomic mass is 10.1. The molecule has 6 heteroatoms. The standard InChI is InChI=1S/C12H16N2O4/c1-8(9-5-3-2-4-6-9)13-12(18)14-10(7-15)11(16)17/h2-6,8,10,15H,7H2,1H3,(H,16,17)(H2,13,14,18). The van der Waals surface area contributed by atoms with Gasteiger partial charge in [0, 0.05) is 0 Å². The third-order valence-electron chi connectivity index (χ3n) is 2.43. The minimum atomic E-state index is -1.30. The molecule has 1 aromatic rings. The molecule has 0 saturated heterocycles. The Morgan fingerprint density at radius 2 is 1.83 bits per heavy atom. The van der Waals surface area contributed by atoms with Crippen LogP contribution >= 0.6 is 0 Å². The van der Waals surface area contributed by atoms with Crippen molar-refractivity contribution in [2.45, 2.75) is 19.0 Å². The molecule has 2 amide bonds. The van der Waals surface area contributed by atoms with Gasteiger partial charge in [-0.15, -0.1) is 0 Å². The van der Waals surface area contributed by atoms with E-state index in [1.807, 2.05) is 30.3 Å². The average Bonchev–Trinajstić information content (AvgIpc) is 2.36. The smallest absolute Gasteiger partial charge is 0.328 e. The second kappa shape index (κ2) is 6.61. The fourth-order valence-corrected chi connectivity index (χ4v) is 1.41. The number of urea groups is 1. The van der Waals surface area contributed by atoms with Gasteiger partial charge < -0.3 is 20.8 Å². The lowest BCUT2D eigenvalue weighted by Crippen LogP contribution is -2.48. The zero-order valence-electron chi connectivity index (χ0n) is 9.96. The molecule has 18 heavy (non-hydrogen) atoms. The normalized spacial score (nSPS) is 13.4. The number of benzene rings is 1. The van der Waals surface area contributed by atoms with Crippen molar-refractivity contribution in [1.29, 1.82) is 0 Å². The summed E-state index contributed by atoms with van der Waals surface area (Å²) in [5.74, 6) is -1.28. The van der Waals surface area contributed by atoms with Gasteiger partial charge in [0.05, 0.1) is 12.6 Å². The number of carboxylic acid groups (broad SMARTS) is 1. The first-order valence-electron chi connectivity index (χ1n) is 5.50. The van der Waals surface area contributed by atoms with E-state index in [9.17, 15) is 9.59 Å². The van der Waals surface area contributed by atoms with E-state index in [0.29, 0.717) is 0 Å². The number of carbonyl (C=O) groups is 2. The molecule has 0 fully saturated rings. The SMILES string of the molecule is CC(NC(=O)NC(CO)C(=O)O)c1ccccc1. The summed E-state index contributed by atoms with van der Waals surface area (Å²) in [6.07, 6.45) is 0. The van der Waals surface area contributed by atoms with Crippen molar-refractivity contribution in [3.05, 3.63) is 35.9 Å². The van der Waals surface area contributed by atoms with Gasteiger partial charge in [0.2, 0.25) is 0 Å². The number of hydrogen-bond acceptors (Lipinski definition) is 3. The van der Waals surface area contributed by atoms with Crippen LogP contribution in [0.25, 0.3) is 0 Å². The molecular formula is C12H16N2O4. The van der Waals surface area contributed by atoms with Crippen molar-refractivity contribution in [3.63, 3.8) is 0 Å². The second-order valence-corrected chi connectivity index (χ2v) is 3.82. The van der Waals surface area contributed by atoms with Gasteiger partial charge in [-0.1, -0.05) is 30.3 Å². The van der Waals surface area contributed by atoms with E-state index in [-0.39, 0.29) is 6.04 Å². The van der Waals surface area contributed by atoms with Crippen molar-refractivity contribution in [2.75, 3.05) is 6.61 Å². The molecule has 0 saturated carbocycles. The Bertz CT molecular complexity index is 408. The van der Waals surface area contributed by atoms with Crippen molar-refractivity contribution in [1.82, 2.24) is 10.6 Å². The van der Waals surface area contributed by atoms with E-state index in [1.165, 1.54) is 0 Å². The molecule has 0 heterocycles. The highest BCUT2D eigenvalue weighted by Gasteiger charge is 2.19. The highest BCUT2D eigenvalue weighted by atomic mass is 16.4. The van der Waals surface area contributed by atoms with Crippen molar-refractivity contribution >= 4 is 12.0 Å². The molecule has 0 spiro atoms. The number of aliphatic hydroxyl groups excluding tert-OH is 1. The molecule has 2 atom stereocenters. The number of nitrogens with one attached hydrogen (secondary N) is 2. The van der Waals surface area contributed by atoms with Crippen molar-refractivity contribution in [3.8, 4) is 0 Å². The summed E-state index contributed by atoms with van der Waals surface area (Å²) in [6.45, 7) is 1.13. The first-order chi connectivity index (χ1) is 8.54. The monoisotopic (exact) mass is 252 g/mol. The van der Waals surface area contributed by atoms with E-state index < -0.39 is 24.6 Å². The summed E-state index contributed by atoms with van der Waals surface area (Å²) in [5, 5.41) is 22.2. The Balaban J connectivity index is 2.52. The van der Waals surface area contributed by atoms with Gasteiger partial charge in [-0.05, 0) is 12.5 Å². The highest BCUT2D eigenvalue weighted by Crippen LogP contribution is 2.10. The highest BCUT2D eigenvalue weighted by molar-refractivity contribution is 5.82. The maximum Gasteiger partial charge on any atom is 0.328 e. The Morgan fingerprint density at radius 1 is 1.22 bits per heavy atom. The Morgan fingerprint density at radius 3 is 2.33 bits per heavy atom. The number of carboxylic acids is 1. The lowest BCUT2D eigenvalue weighted by molar-refractivity contribution is -0.140. The van der Waals surface area contributed by atoms with Crippen LogP contribution in [0.2, 0.25) is 0 Å². The maximum atomic E-state index is 11.5. The number of amides is 2. The maximum absolute atomic E-state index is 11.5. The van der Waals surface area contributed by atoms with E-state index in [4.69, 9.17) is 10.2 Å². The van der Waals surface area contributed by atoms with Crippen LogP contribution in [0.1, 0.15) is 18.5 Å². The van der Waals surface area contributed by atoms with Crippen LogP contribution < -0.4 is 10.6 Å². The van der Waals surface area contributed by atoms with E-state index in [1.54, 1.807) is 6.92 Å². The van der Waals surface area contributed by atoms with E-state index in [2.05, 4.69) is 10.6 Å². The summed E-state index contributed by atoms with van der Waals surface area (Å²) in [4.78, 5) is 22.1. The van der Waals surface area contributed by atoms with Gasteiger partial charge in [0.1, 0.15) is 0 Å². The Hall–Kier alpha value is -2.08. The van der Waals surface area contributed by atoms with E-state index in [0.717, 1.165) is 5.56 Å². The van der Waals surface area contributed by atoms with Crippen LogP contribution in [0.4, 0.5) is 4.79 Å². The minimum absolute atomic E-state index is 0.251. The van der Waals surface area contributed by atoms with Crippen LogP contribution in [0.15, 0.2) is 30.3 Å². The van der Waals surface area contributed by atoms with Gasteiger partial charge in [-0.25, -0.2) is 9.59 Å². The molecule has 2 unspecified atom stereocenters. The molecule has 0 aliphatic carbocycles. The Labute approximate surface area is 105 Å².